The van der Waals surface area contributed by atoms with Crippen LogP contribution in [-0.2, 0) is 14.3 Å². The molecule has 1 amide bonds. The zero-order valence-corrected chi connectivity index (χ0v) is 6.22. The van der Waals surface area contributed by atoms with E-state index >= 15 is 0 Å². The fraction of sp³-hybridized carbons (Fsp3) is 0.429. The van der Waals surface area contributed by atoms with Crippen LogP contribution in [0.15, 0.2) is 12.2 Å². The lowest BCUT2D eigenvalue weighted by molar-refractivity contribution is -0.143. The number of rotatable bonds is 1. The van der Waals surface area contributed by atoms with E-state index in [-0.39, 0.29) is 5.91 Å². The number of hydrogen-bond acceptors (Lipinski definition) is 3. The fourth-order valence-corrected chi connectivity index (χ4v) is 0.935. The van der Waals surface area contributed by atoms with Gasteiger partial charge in [-0.05, 0) is 0 Å². The van der Waals surface area contributed by atoms with E-state index in [1.807, 2.05) is 0 Å². The van der Waals surface area contributed by atoms with Gasteiger partial charge in [-0.25, -0.2) is 4.79 Å². The molecule has 0 unspecified atom stereocenters. The van der Waals surface area contributed by atoms with Crippen LogP contribution < -0.4 is 5.32 Å². The summed E-state index contributed by atoms with van der Waals surface area (Å²) in [4.78, 5) is 21.6. The third-order valence-electron chi connectivity index (χ3n) is 1.56. The van der Waals surface area contributed by atoms with E-state index in [2.05, 4.69) is 16.6 Å². The van der Waals surface area contributed by atoms with Crippen molar-refractivity contribution >= 4 is 11.9 Å². The van der Waals surface area contributed by atoms with Gasteiger partial charge < -0.3 is 10.1 Å². The molecular weight excluding hydrogens is 146 g/mol. The molecule has 1 heterocycles. The quantitative estimate of drug-likeness (QED) is 0.414. The van der Waals surface area contributed by atoms with Crippen LogP contribution in [-0.4, -0.2) is 25.0 Å². The number of esters is 1. The summed E-state index contributed by atoms with van der Waals surface area (Å²) >= 11 is 0. The van der Waals surface area contributed by atoms with Crippen LogP contribution in [0, 0.1) is 0 Å². The standard InChI is InChI=1S/C7H9NO3/c1-4-3-5(7(10)11-2)8-6(4)9/h5H,1,3H2,2H3,(H,8,9)/t5-/m1/s1. The first kappa shape index (κ1) is 7.78. The molecule has 0 spiro atoms. The Hall–Kier alpha value is -1.32. The second-order valence-electron chi connectivity index (χ2n) is 2.36. The molecular formula is C7H9NO3. The molecule has 0 saturated carbocycles. The van der Waals surface area contributed by atoms with Crippen LogP contribution in [0.5, 0.6) is 0 Å². The molecule has 4 heteroatoms. The number of amides is 1. The molecule has 0 aromatic heterocycles. The van der Waals surface area contributed by atoms with E-state index in [1.54, 1.807) is 0 Å². The summed E-state index contributed by atoms with van der Waals surface area (Å²) in [6, 6.07) is -0.528. The van der Waals surface area contributed by atoms with Crippen molar-refractivity contribution in [3.8, 4) is 0 Å². The maximum absolute atomic E-state index is 10.8. The molecule has 1 rings (SSSR count). The van der Waals surface area contributed by atoms with Crippen LogP contribution in [0.2, 0.25) is 0 Å². The Labute approximate surface area is 64.2 Å². The lowest BCUT2D eigenvalue weighted by Crippen LogP contribution is -2.33. The van der Waals surface area contributed by atoms with Crippen molar-refractivity contribution in [3.63, 3.8) is 0 Å². The normalized spacial score (nSPS) is 23.2. The highest BCUT2D eigenvalue weighted by Crippen LogP contribution is 2.12. The van der Waals surface area contributed by atoms with Gasteiger partial charge in [-0.3, -0.25) is 4.79 Å². The molecule has 0 aromatic rings. The molecule has 1 saturated heterocycles. The van der Waals surface area contributed by atoms with Crippen molar-refractivity contribution in [2.45, 2.75) is 12.5 Å². The van der Waals surface area contributed by atoms with E-state index in [1.165, 1.54) is 7.11 Å². The first-order valence-electron chi connectivity index (χ1n) is 3.21. The number of ether oxygens (including phenoxy) is 1. The van der Waals surface area contributed by atoms with E-state index in [9.17, 15) is 9.59 Å². The van der Waals surface area contributed by atoms with E-state index in [0.717, 1.165) is 0 Å². The van der Waals surface area contributed by atoms with Crippen molar-refractivity contribution < 1.29 is 14.3 Å². The summed E-state index contributed by atoms with van der Waals surface area (Å²) in [5.74, 6) is -0.683. The van der Waals surface area contributed by atoms with Gasteiger partial charge in [0.1, 0.15) is 6.04 Å². The van der Waals surface area contributed by atoms with Crippen molar-refractivity contribution in [1.29, 1.82) is 0 Å². The summed E-state index contributed by atoms with van der Waals surface area (Å²) in [7, 11) is 1.29. The summed E-state index contributed by atoms with van der Waals surface area (Å²) in [5, 5.41) is 2.44. The molecule has 60 valence electrons. The van der Waals surface area contributed by atoms with Gasteiger partial charge in [0.2, 0.25) is 5.91 Å². The molecule has 11 heavy (non-hydrogen) atoms. The lowest BCUT2D eigenvalue weighted by atomic mass is 10.2. The first-order valence-corrected chi connectivity index (χ1v) is 3.21. The number of carbonyl (C=O) groups is 2. The zero-order chi connectivity index (χ0) is 8.43. The highest BCUT2D eigenvalue weighted by molar-refractivity contribution is 5.99. The highest BCUT2D eigenvalue weighted by Gasteiger charge is 2.30. The minimum absolute atomic E-state index is 0.264. The maximum atomic E-state index is 10.8. The SMILES string of the molecule is C=C1C[C@H](C(=O)OC)NC1=O. The molecule has 0 radical (unpaired) electrons. The average Bonchev–Trinajstić information content (AvgIpc) is 2.31. The van der Waals surface area contributed by atoms with Crippen molar-refractivity contribution in [3.05, 3.63) is 12.2 Å². The first-order chi connectivity index (χ1) is 5.15. The molecule has 0 bridgehead atoms. The predicted octanol–water partition coefficient (Wildman–Crippen LogP) is -0.396. The van der Waals surface area contributed by atoms with Crippen LogP contribution >= 0.6 is 0 Å². The lowest BCUT2D eigenvalue weighted by Gasteiger charge is -2.04. The molecule has 1 aliphatic heterocycles. The van der Waals surface area contributed by atoms with E-state index < -0.39 is 12.0 Å². The largest absolute Gasteiger partial charge is 0.467 e. The van der Waals surface area contributed by atoms with Crippen LogP contribution in [0.3, 0.4) is 0 Å². The van der Waals surface area contributed by atoms with Gasteiger partial charge in [0.25, 0.3) is 0 Å². The monoisotopic (exact) mass is 155 g/mol. The second-order valence-corrected chi connectivity index (χ2v) is 2.36. The highest BCUT2D eigenvalue weighted by atomic mass is 16.5. The van der Waals surface area contributed by atoms with Gasteiger partial charge in [-0.2, -0.15) is 0 Å². The third-order valence-corrected chi connectivity index (χ3v) is 1.56. The molecule has 1 fully saturated rings. The summed E-state index contributed by atoms with van der Waals surface area (Å²) in [6.07, 6.45) is 0.353. The van der Waals surface area contributed by atoms with E-state index in [0.29, 0.717) is 12.0 Å². The molecule has 1 N–H and O–H groups in total. The zero-order valence-electron chi connectivity index (χ0n) is 6.22. The Balaban J connectivity index is 2.60. The smallest absolute Gasteiger partial charge is 0.328 e. The van der Waals surface area contributed by atoms with Crippen LogP contribution in [0.25, 0.3) is 0 Å². The van der Waals surface area contributed by atoms with Crippen LogP contribution in [0.4, 0.5) is 0 Å². The molecule has 1 atom stereocenters. The fourth-order valence-electron chi connectivity index (χ4n) is 0.935. The van der Waals surface area contributed by atoms with Crippen molar-refractivity contribution in [2.75, 3.05) is 7.11 Å². The number of carbonyl (C=O) groups excluding carboxylic acids is 2. The minimum Gasteiger partial charge on any atom is -0.467 e. The van der Waals surface area contributed by atoms with Gasteiger partial charge in [0.15, 0.2) is 0 Å². The van der Waals surface area contributed by atoms with Gasteiger partial charge in [-0.1, -0.05) is 6.58 Å². The summed E-state index contributed by atoms with van der Waals surface area (Å²) in [5.41, 5.74) is 0.431. The van der Waals surface area contributed by atoms with Crippen LogP contribution in [0.1, 0.15) is 6.42 Å². The van der Waals surface area contributed by atoms with Crippen molar-refractivity contribution in [2.24, 2.45) is 0 Å². The van der Waals surface area contributed by atoms with Gasteiger partial charge in [0, 0.05) is 12.0 Å². The Kier molecular flexibility index (Phi) is 1.94. The van der Waals surface area contributed by atoms with E-state index in [4.69, 9.17) is 0 Å². The number of hydrogen-bond donors (Lipinski definition) is 1. The Morgan fingerprint density at radius 2 is 2.45 bits per heavy atom. The summed E-state index contributed by atoms with van der Waals surface area (Å²) in [6.45, 7) is 3.48. The van der Waals surface area contributed by atoms with Gasteiger partial charge in [-0.15, -0.1) is 0 Å². The molecule has 0 aromatic carbocycles. The minimum atomic E-state index is -0.528. The predicted molar refractivity (Wildman–Crippen MR) is 37.7 cm³/mol. The Morgan fingerprint density at radius 3 is 2.82 bits per heavy atom. The van der Waals surface area contributed by atoms with Crippen molar-refractivity contribution in [1.82, 2.24) is 5.32 Å². The van der Waals surface area contributed by atoms with Gasteiger partial charge >= 0.3 is 5.97 Å². The number of nitrogens with one attached hydrogen (secondary N) is 1. The topological polar surface area (TPSA) is 55.4 Å². The Bertz CT molecular complexity index is 206. The summed E-state index contributed by atoms with van der Waals surface area (Å²) < 4.78 is 4.44. The molecule has 4 nitrogen and oxygen atoms in total. The molecule has 0 aliphatic carbocycles. The Morgan fingerprint density at radius 1 is 1.82 bits per heavy atom. The second kappa shape index (κ2) is 2.74. The number of methoxy groups -OCH3 is 1. The average molecular weight is 155 g/mol. The van der Waals surface area contributed by atoms with Gasteiger partial charge in [0.05, 0.1) is 7.11 Å². The molecule has 1 aliphatic rings. The third kappa shape index (κ3) is 1.39. The maximum Gasteiger partial charge on any atom is 0.328 e.